The van der Waals surface area contributed by atoms with E-state index in [0.29, 0.717) is 37.0 Å². The van der Waals surface area contributed by atoms with E-state index < -0.39 is 34.6 Å². The van der Waals surface area contributed by atoms with Gasteiger partial charge in [0.05, 0.1) is 22.7 Å². The molecule has 0 aliphatic carbocycles. The highest BCUT2D eigenvalue weighted by molar-refractivity contribution is 5.99. The molecule has 1 aromatic carbocycles. The zero-order chi connectivity index (χ0) is 18.7. The van der Waals surface area contributed by atoms with Gasteiger partial charge in [-0.05, 0) is 12.8 Å². The van der Waals surface area contributed by atoms with Gasteiger partial charge in [-0.3, -0.25) is 9.47 Å². The second-order valence-corrected chi connectivity index (χ2v) is 6.75. The predicted octanol–water partition coefficient (Wildman–Crippen LogP) is 0.239. The molecule has 3 heterocycles. The van der Waals surface area contributed by atoms with Crippen LogP contribution < -0.4 is 15.3 Å². The Balaban J connectivity index is 2.13. The number of aromatic carboxylic acids is 1. The van der Waals surface area contributed by atoms with Gasteiger partial charge in [-0.1, -0.05) is 0 Å². The van der Waals surface area contributed by atoms with Gasteiger partial charge in [0, 0.05) is 38.4 Å². The van der Waals surface area contributed by atoms with E-state index in [1.165, 1.54) is 10.9 Å². The number of β-amino-alcohol motifs (C(OH)–C–C–N with tert-alkyl or cyclic N) is 1. The van der Waals surface area contributed by atoms with Gasteiger partial charge >= 0.3 is 5.97 Å². The average molecular weight is 363 g/mol. The third kappa shape index (κ3) is 2.16. The summed E-state index contributed by atoms with van der Waals surface area (Å²) in [6, 6.07) is 0. The van der Waals surface area contributed by atoms with E-state index in [4.69, 9.17) is 0 Å². The molecule has 0 saturated carbocycles. The fourth-order valence-electron chi connectivity index (χ4n) is 3.89. The number of benzene rings is 1. The number of nitrogens with zero attached hydrogens (tertiary/aromatic N) is 3. The van der Waals surface area contributed by atoms with E-state index in [1.54, 1.807) is 17.0 Å². The standard InChI is InChI=1S/C17H18FN3O5/c1-19-4-3-9-13-11(15(23)10(17(25)26)7-21(13)19)16(24)12(18)14(9)20-5-2-8(22)6-20/h7-8,22,24H,2-6H2,1H3,(H,25,26). The second-order valence-electron chi connectivity index (χ2n) is 6.75. The van der Waals surface area contributed by atoms with Crippen molar-refractivity contribution in [1.82, 2.24) is 4.68 Å². The Hall–Kier alpha value is -2.81. The number of phenolic OH excluding ortho intramolecular Hbond substituents is 1. The van der Waals surface area contributed by atoms with Crippen molar-refractivity contribution in [3.8, 4) is 5.75 Å². The van der Waals surface area contributed by atoms with Gasteiger partial charge < -0.3 is 25.2 Å². The fourth-order valence-corrected chi connectivity index (χ4v) is 3.89. The first-order chi connectivity index (χ1) is 12.3. The zero-order valence-corrected chi connectivity index (χ0v) is 14.1. The van der Waals surface area contributed by atoms with Gasteiger partial charge in [-0.2, -0.15) is 0 Å². The molecule has 1 atom stereocenters. The van der Waals surface area contributed by atoms with Crippen molar-refractivity contribution >= 4 is 22.6 Å². The number of likely N-dealkylation sites (N-methyl/N-ethyl adjacent to an activating group) is 1. The number of phenols is 1. The van der Waals surface area contributed by atoms with Crippen LogP contribution in [0, 0.1) is 5.82 Å². The molecule has 2 aromatic rings. The number of aromatic hydroxyl groups is 1. The summed E-state index contributed by atoms with van der Waals surface area (Å²) in [4.78, 5) is 25.7. The van der Waals surface area contributed by atoms with Crippen LogP contribution in [0.2, 0.25) is 0 Å². The molecule has 9 heteroatoms. The third-order valence-electron chi connectivity index (χ3n) is 5.18. The molecule has 3 N–H and O–H groups in total. The van der Waals surface area contributed by atoms with Crippen LogP contribution in [0.15, 0.2) is 11.0 Å². The summed E-state index contributed by atoms with van der Waals surface area (Å²) in [5, 5.41) is 30.9. The number of halogens is 1. The highest BCUT2D eigenvalue weighted by Crippen LogP contribution is 2.41. The number of rotatable bonds is 2. The van der Waals surface area contributed by atoms with Crippen molar-refractivity contribution in [1.29, 1.82) is 0 Å². The van der Waals surface area contributed by atoms with Gasteiger partial charge in [-0.25, -0.2) is 9.18 Å². The number of carboxylic acid groups (broad SMARTS) is 1. The largest absolute Gasteiger partial charge is 0.504 e. The molecular formula is C17H18FN3O5. The van der Waals surface area contributed by atoms with Crippen molar-refractivity contribution < 1.29 is 24.5 Å². The Labute approximate surface area is 147 Å². The third-order valence-corrected chi connectivity index (χ3v) is 5.18. The minimum atomic E-state index is -1.44. The highest BCUT2D eigenvalue weighted by Gasteiger charge is 2.33. The Kier molecular flexibility index (Phi) is 3.58. The SMILES string of the molecule is CN1CCc2c(N3CCC(O)C3)c(F)c(O)c3c(=O)c(C(=O)O)cn1c23. The number of aliphatic hydroxyl groups is 1. The van der Waals surface area contributed by atoms with E-state index >= 15 is 4.39 Å². The summed E-state index contributed by atoms with van der Waals surface area (Å²) in [7, 11) is 1.72. The number of pyridine rings is 1. The van der Waals surface area contributed by atoms with Crippen LogP contribution in [0.3, 0.4) is 0 Å². The van der Waals surface area contributed by atoms with Crippen molar-refractivity contribution in [2.24, 2.45) is 0 Å². The molecule has 0 radical (unpaired) electrons. The Morgan fingerprint density at radius 2 is 2.08 bits per heavy atom. The zero-order valence-electron chi connectivity index (χ0n) is 14.1. The molecule has 1 fully saturated rings. The molecule has 0 spiro atoms. The lowest BCUT2D eigenvalue weighted by molar-refractivity contribution is 0.0695. The van der Waals surface area contributed by atoms with E-state index in [-0.39, 0.29) is 17.6 Å². The molecule has 138 valence electrons. The van der Waals surface area contributed by atoms with Crippen molar-refractivity contribution in [3.05, 3.63) is 33.4 Å². The van der Waals surface area contributed by atoms with Crippen molar-refractivity contribution in [3.63, 3.8) is 0 Å². The number of carboxylic acids is 1. The molecule has 2 aliphatic rings. The lowest BCUT2D eigenvalue weighted by Crippen LogP contribution is -2.39. The highest BCUT2D eigenvalue weighted by atomic mass is 19.1. The smallest absolute Gasteiger partial charge is 0.341 e. The molecule has 0 amide bonds. The molecular weight excluding hydrogens is 345 g/mol. The number of hydrogen-bond donors (Lipinski definition) is 3. The van der Waals surface area contributed by atoms with Crippen LogP contribution >= 0.6 is 0 Å². The van der Waals surface area contributed by atoms with E-state index in [9.17, 15) is 24.9 Å². The maximum atomic E-state index is 15.0. The Bertz CT molecular complexity index is 1000. The number of aromatic nitrogens is 1. The van der Waals surface area contributed by atoms with Crippen LogP contribution in [0.25, 0.3) is 10.9 Å². The maximum absolute atomic E-state index is 15.0. The minimum absolute atomic E-state index is 0.177. The minimum Gasteiger partial charge on any atom is -0.504 e. The molecule has 2 aliphatic heterocycles. The second kappa shape index (κ2) is 5.60. The monoisotopic (exact) mass is 363 g/mol. The van der Waals surface area contributed by atoms with E-state index in [0.717, 1.165) is 0 Å². The van der Waals surface area contributed by atoms with Crippen LogP contribution in [0.1, 0.15) is 22.3 Å². The van der Waals surface area contributed by atoms with Crippen molar-refractivity contribution in [2.45, 2.75) is 18.9 Å². The van der Waals surface area contributed by atoms with Gasteiger partial charge in [-0.15, -0.1) is 0 Å². The summed E-state index contributed by atoms with van der Waals surface area (Å²) < 4.78 is 16.5. The maximum Gasteiger partial charge on any atom is 0.341 e. The summed E-state index contributed by atoms with van der Waals surface area (Å²) in [6.07, 6.45) is 1.54. The summed E-state index contributed by atoms with van der Waals surface area (Å²) in [5.74, 6) is -3.23. The average Bonchev–Trinajstić information content (AvgIpc) is 3.01. The number of anilines is 1. The lowest BCUT2D eigenvalue weighted by Gasteiger charge is -2.34. The lowest BCUT2D eigenvalue weighted by atomic mass is 9.98. The number of aliphatic hydroxyl groups excluding tert-OH is 1. The summed E-state index contributed by atoms with van der Waals surface area (Å²) in [6.45, 7) is 1.16. The van der Waals surface area contributed by atoms with Gasteiger partial charge in [0.2, 0.25) is 5.43 Å². The predicted molar refractivity (Wildman–Crippen MR) is 92.3 cm³/mol. The molecule has 0 bridgehead atoms. The van der Waals surface area contributed by atoms with Crippen LogP contribution in [-0.4, -0.2) is 58.8 Å². The molecule has 4 rings (SSSR count). The molecule has 1 saturated heterocycles. The molecule has 1 aromatic heterocycles. The summed E-state index contributed by atoms with van der Waals surface area (Å²) in [5.41, 5.74) is -0.419. The first-order valence-electron chi connectivity index (χ1n) is 8.31. The quantitative estimate of drug-likeness (QED) is 0.702. The molecule has 8 nitrogen and oxygen atoms in total. The fraction of sp³-hybridized carbons (Fsp3) is 0.412. The van der Waals surface area contributed by atoms with Crippen molar-refractivity contribution in [2.75, 3.05) is 36.6 Å². The first-order valence-corrected chi connectivity index (χ1v) is 8.31. The van der Waals surface area contributed by atoms with Gasteiger partial charge in [0.25, 0.3) is 0 Å². The first kappa shape index (κ1) is 16.6. The van der Waals surface area contributed by atoms with Gasteiger partial charge in [0.1, 0.15) is 5.56 Å². The summed E-state index contributed by atoms with van der Waals surface area (Å²) >= 11 is 0. The van der Waals surface area contributed by atoms with Crippen LogP contribution in [-0.2, 0) is 6.42 Å². The van der Waals surface area contributed by atoms with E-state index in [2.05, 4.69) is 0 Å². The molecule has 26 heavy (non-hydrogen) atoms. The topological polar surface area (TPSA) is 106 Å². The van der Waals surface area contributed by atoms with Crippen LogP contribution in [0.4, 0.5) is 10.1 Å². The van der Waals surface area contributed by atoms with Crippen LogP contribution in [0.5, 0.6) is 5.75 Å². The number of carbonyl (C=O) groups is 1. The normalized spacial score (nSPS) is 19.4. The number of hydrogen-bond acceptors (Lipinski definition) is 6. The van der Waals surface area contributed by atoms with Gasteiger partial charge in [0.15, 0.2) is 11.6 Å². The van der Waals surface area contributed by atoms with E-state index in [1.807, 2.05) is 0 Å². The Morgan fingerprint density at radius 3 is 2.69 bits per heavy atom. The Morgan fingerprint density at radius 1 is 1.35 bits per heavy atom. The molecule has 1 unspecified atom stereocenters.